The third kappa shape index (κ3) is 4.38. The van der Waals surface area contributed by atoms with Gasteiger partial charge < -0.3 is 10.1 Å². The highest BCUT2D eigenvalue weighted by atomic mass is 32.2. The quantitative estimate of drug-likeness (QED) is 0.602. The smallest absolute Gasteiger partial charge is 0.340 e. The third-order valence-corrected chi connectivity index (χ3v) is 4.73. The van der Waals surface area contributed by atoms with Gasteiger partial charge in [0.05, 0.1) is 29.4 Å². The highest BCUT2D eigenvalue weighted by Crippen LogP contribution is 2.32. The standard InChI is InChI=1S/C20H18N2O4S/c1-2-26-19(24)15-10-6-7-11-16(15)21-13-22-18(23)17(27-20(22)25)12-14-8-4-3-5-9-14/h3-12,21H,2,13H2,1H3/b17-12-. The number of para-hydroxylation sites is 1. The molecule has 138 valence electrons. The van der Waals surface area contributed by atoms with Gasteiger partial charge in [0.25, 0.3) is 11.1 Å². The lowest BCUT2D eigenvalue weighted by molar-refractivity contribution is -0.122. The number of ether oxygens (including phenoxy) is 1. The van der Waals surface area contributed by atoms with Gasteiger partial charge in [0.2, 0.25) is 0 Å². The number of amides is 2. The number of hydrogen-bond donors (Lipinski definition) is 1. The summed E-state index contributed by atoms with van der Waals surface area (Å²) in [5, 5.41) is 2.62. The first-order chi connectivity index (χ1) is 13.1. The van der Waals surface area contributed by atoms with Crippen molar-refractivity contribution in [2.24, 2.45) is 0 Å². The second-order valence-corrected chi connectivity index (χ2v) is 6.61. The van der Waals surface area contributed by atoms with Crippen LogP contribution in [0.3, 0.4) is 0 Å². The molecule has 27 heavy (non-hydrogen) atoms. The molecule has 2 aromatic carbocycles. The molecule has 0 aliphatic carbocycles. The molecular weight excluding hydrogens is 364 g/mol. The SMILES string of the molecule is CCOC(=O)c1ccccc1NCN1C(=O)S/C(=C\c2ccccc2)C1=O. The van der Waals surface area contributed by atoms with E-state index in [0.717, 1.165) is 22.2 Å². The van der Waals surface area contributed by atoms with Crippen LogP contribution < -0.4 is 5.32 Å². The first kappa shape index (κ1) is 18.7. The van der Waals surface area contributed by atoms with E-state index in [1.807, 2.05) is 30.3 Å². The Balaban J connectivity index is 1.72. The van der Waals surface area contributed by atoms with Crippen LogP contribution in [0.25, 0.3) is 6.08 Å². The summed E-state index contributed by atoms with van der Waals surface area (Å²) < 4.78 is 5.03. The summed E-state index contributed by atoms with van der Waals surface area (Å²) in [4.78, 5) is 38.3. The number of thioether (sulfide) groups is 1. The van der Waals surface area contributed by atoms with Crippen LogP contribution in [-0.4, -0.2) is 35.3 Å². The number of carbonyl (C=O) groups excluding carboxylic acids is 3. The molecule has 2 amide bonds. The summed E-state index contributed by atoms with van der Waals surface area (Å²) in [6.45, 7) is 1.96. The normalized spacial score (nSPS) is 15.3. The fraction of sp³-hybridized carbons (Fsp3) is 0.150. The number of rotatable bonds is 6. The monoisotopic (exact) mass is 382 g/mol. The average molecular weight is 382 g/mol. The van der Waals surface area contributed by atoms with Crippen LogP contribution in [0.4, 0.5) is 10.5 Å². The Morgan fingerprint density at radius 1 is 1.11 bits per heavy atom. The summed E-state index contributed by atoms with van der Waals surface area (Å²) >= 11 is 0.897. The zero-order chi connectivity index (χ0) is 19.2. The Labute approximate surface area is 161 Å². The molecule has 0 radical (unpaired) electrons. The van der Waals surface area contributed by atoms with E-state index in [1.165, 1.54) is 0 Å². The van der Waals surface area contributed by atoms with E-state index in [1.54, 1.807) is 37.3 Å². The maximum Gasteiger partial charge on any atom is 0.340 e. The van der Waals surface area contributed by atoms with Crippen molar-refractivity contribution in [1.29, 1.82) is 0 Å². The van der Waals surface area contributed by atoms with E-state index in [0.29, 0.717) is 16.2 Å². The zero-order valence-electron chi connectivity index (χ0n) is 14.7. The molecule has 2 aromatic rings. The van der Waals surface area contributed by atoms with Crippen molar-refractivity contribution in [2.45, 2.75) is 6.92 Å². The third-order valence-electron chi connectivity index (χ3n) is 3.82. The van der Waals surface area contributed by atoms with Gasteiger partial charge in [0.15, 0.2) is 0 Å². The molecule has 3 rings (SSSR count). The molecule has 0 unspecified atom stereocenters. The van der Waals surface area contributed by atoms with E-state index in [4.69, 9.17) is 4.74 Å². The topological polar surface area (TPSA) is 75.7 Å². The van der Waals surface area contributed by atoms with Gasteiger partial charge in [-0.25, -0.2) is 4.79 Å². The Bertz CT molecular complexity index is 896. The maximum atomic E-state index is 12.5. The van der Waals surface area contributed by atoms with Crippen LogP contribution in [0.2, 0.25) is 0 Å². The average Bonchev–Trinajstić information content (AvgIpc) is 2.94. The van der Waals surface area contributed by atoms with Crippen LogP contribution >= 0.6 is 11.8 Å². The molecule has 1 heterocycles. The highest BCUT2D eigenvalue weighted by Gasteiger charge is 2.35. The fourth-order valence-corrected chi connectivity index (χ4v) is 3.36. The van der Waals surface area contributed by atoms with Gasteiger partial charge in [-0.3, -0.25) is 14.5 Å². The highest BCUT2D eigenvalue weighted by molar-refractivity contribution is 8.18. The Morgan fingerprint density at radius 3 is 2.56 bits per heavy atom. The molecule has 6 nitrogen and oxygen atoms in total. The molecule has 1 saturated heterocycles. The summed E-state index contributed by atoms with van der Waals surface area (Å²) in [5.41, 5.74) is 1.71. The van der Waals surface area contributed by atoms with Gasteiger partial charge in [-0.15, -0.1) is 0 Å². The molecular formula is C20H18N2O4S. The number of hydrogen-bond acceptors (Lipinski definition) is 6. The predicted molar refractivity (Wildman–Crippen MR) is 105 cm³/mol. The largest absolute Gasteiger partial charge is 0.462 e. The minimum atomic E-state index is -0.460. The second-order valence-electron chi connectivity index (χ2n) is 5.62. The van der Waals surface area contributed by atoms with Crippen LogP contribution in [0.15, 0.2) is 59.5 Å². The molecule has 1 aliphatic heterocycles. The number of esters is 1. The molecule has 7 heteroatoms. The van der Waals surface area contributed by atoms with Gasteiger partial charge >= 0.3 is 5.97 Å². The van der Waals surface area contributed by atoms with Gasteiger partial charge in [-0.05, 0) is 42.5 Å². The molecule has 0 aromatic heterocycles. The van der Waals surface area contributed by atoms with E-state index in [2.05, 4.69) is 5.32 Å². The minimum absolute atomic E-state index is 0.0345. The van der Waals surface area contributed by atoms with Crippen molar-refractivity contribution in [3.8, 4) is 0 Å². The van der Waals surface area contributed by atoms with Crippen LogP contribution in [0.1, 0.15) is 22.8 Å². The Morgan fingerprint density at radius 2 is 1.81 bits per heavy atom. The van der Waals surface area contributed by atoms with Crippen molar-refractivity contribution in [1.82, 2.24) is 4.90 Å². The number of benzene rings is 2. The summed E-state index contributed by atoms with van der Waals surface area (Å²) in [7, 11) is 0. The van der Waals surface area contributed by atoms with Crippen molar-refractivity contribution in [3.63, 3.8) is 0 Å². The van der Waals surface area contributed by atoms with Gasteiger partial charge in [-0.1, -0.05) is 42.5 Å². The molecule has 1 fully saturated rings. The van der Waals surface area contributed by atoms with Crippen molar-refractivity contribution >= 4 is 40.6 Å². The van der Waals surface area contributed by atoms with E-state index >= 15 is 0 Å². The predicted octanol–water partition coefficient (Wildman–Crippen LogP) is 3.97. The number of nitrogens with one attached hydrogen (secondary N) is 1. The maximum absolute atomic E-state index is 12.5. The number of carbonyl (C=O) groups is 3. The van der Waals surface area contributed by atoms with Crippen molar-refractivity contribution in [3.05, 3.63) is 70.6 Å². The van der Waals surface area contributed by atoms with Crippen LogP contribution in [0.5, 0.6) is 0 Å². The van der Waals surface area contributed by atoms with Gasteiger partial charge in [0.1, 0.15) is 0 Å². The summed E-state index contributed by atoms with van der Waals surface area (Å²) in [5.74, 6) is -0.825. The molecule has 0 atom stereocenters. The number of imide groups is 1. The van der Waals surface area contributed by atoms with Gasteiger partial charge in [0, 0.05) is 0 Å². The lowest BCUT2D eigenvalue weighted by Gasteiger charge is -2.16. The van der Waals surface area contributed by atoms with E-state index in [-0.39, 0.29) is 24.4 Å². The summed E-state index contributed by atoms with van der Waals surface area (Å²) in [6.07, 6.45) is 1.69. The van der Waals surface area contributed by atoms with Crippen molar-refractivity contribution < 1.29 is 19.1 Å². The van der Waals surface area contributed by atoms with Crippen molar-refractivity contribution in [2.75, 3.05) is 18.6 Å². The fourth-order valence-electron chi connectivity index (χ4n) is 2.53. The van der Waals surface area contributed by atoms with E-state index < -0.39 is 5.97 Å². The second kappa shape index (κ2) is 8.55. The molecule has 1 N–H and O–H groups in total. The lowest BCUT2D eigenvalue weighted by Crippen LogP contribution is -2.33. The van der Waals surface area contributed by atoms with Crippen LogP contribution in [-0.2, 0) is 9.53 Å². The molecule has 0 bridgehead atoms. The first-order valence-corrected chi connectivity index (χ1v) is 9.22. The molecule has 0 saturated carbocycles. The Kier molecular flexibility index (Phi) is 5.93. The zero-order valence-corrected chi connectivity index (χ0v) is 15.5. The first-order valence-electron chi connectivity index (χ1n) is 8.40. The van der Waals surface area contributed by atoms with Gasteiger partial charge in [-0.2, -0.15) is 0 Å². The molecule has 0 spiro atoms. The summed E-state index contributed by atoms with van der Waals surface area (Å²) in [6, 6.07) is 16.1. The number of anilines is 1. The van der Waals surface area contributed by atoms with E-state index in [9.17, 15) is 14.4 Å². The van der Waals surface area contributed by atoms with Crippen LogP contribution in [0, 0.1) is 0 Å². The minimum Gasteiger partial charge on any atom is -0.462 e. The molecule has 1 aliphatic rings. The lowest BCUT2D eigenvalue weighted by atomic mass is 10.2. The number of nitrogens with zero attached hydrogens (tertiary/aromatic N) is 1. The Hall–Kier alpha value is -3.06.